The fourth-order valence-electron chi connectivity index (χ4n) is 1.17. The number of aryl methyl sites for hydroxylation is 1. The van der Waals surface area contributed by atoms with Crippen molar-refractivity contribution in [1.29, 1.82) is 0 Å². The predicted molar refractivity (Wildman–Crippen MR) is 60.7 cm³/mol. The molecule has 0 aromatic heterocycles. The van der Waals surface area contributed by atoms with Crippen molar-refractivity contribution < 1.29 is 4.92 Å². The van der Waals surface area contributed by atoms with Gasteiger partial charge in [0.15, 0.2) is 0 Å². The lowest BCUT2D eigenvalue weighted by Gasteiger charge is -1.98. The summed E-state index contributed by atoms with van der Waals surface area (Å²) in [5, 5.41) is 11.3. The molecule has 0 radical (unpaired) electrons. The first kappa shape index (κ1) is 10.9. The summed E-state index contributed by atoms with van der Waals surface area (Å²) in [6, 6.07) is 5.07. The van der Waals surface area contributed by atoms with Gasteiger partial charge in [-0.2, -0.15) is 0 Å². The number of hydrogen-bond acceptors (Lipinski definition) is 2. The van der Waals surface area contributed by atoms with Gasteiger partial charge < -0.3 is 0 Å². The summed E-state index contributed by atoms with van der Waals surface area (Å²) in [4.78, 5) is 10.2. The largest absolute Gasteiger partial charge is 0.272 e. The Morgan fingerprint density at radius 3 is 2.79 bits per heavy atom. The molecule has 4 heteroatoms. The van der Waals surface area contributed by atoms with Crippen LogP contribution in [0.25, 0.3) is 6.08 Å². The first-order chi connectivity index (χ1) is 6.65. The normalized spacial score (nSPS) is 10.7. The van der Waals surface area contributed by atoms with E-state index in [4.69, 9.17) is 0 Å². The monoisotopic (exact) mass is 255 g/mol. The average molecular weight is 256 g/mol. The van der Waals surface area contributed by atoms with Crippen LogP contribution in [0.4, 0.5) is 5.69 Å². The molecule has 0 fully saturated rings. The van der Waals surface area contributed by atoms with E-state index in [1.165, 1.54) is 6.07 Å². The van der Waals surface area contributed by atoms with Crippen LogP contribution in [0.5, 0.6) is 0 Å². The summed E-state index contributed by atoms with van der Waals surface area (Å²) in [6.07, 6.45) is 3.87. The van der Waals surface area contributed by atoms with Gasteiger partial charge >= 0.3 is 0 Å². The van der Waals surface area contributed by atoms with Crippen LogP contribution >= 0.6 is 15.9 Å². The Kier molecular flexibility index (Phi) is 3.83. The summed E-state index contributed by atoms with van der Waals surface area (Å²) in [6.45, 7) is 1.74. The maximum absolute atomic E-state index is 10.5. The molecule has 0 saturated heterocycles. The van der Waals surface area contributed by atoms with E-state index in [1.54, 1.807) is 19.1 Å². The molecule has 1 aromatic rings. The molecule has 1 rings (SSSR count). The summed E-state index contributed by atoms with van der Waals surface area (Å²) in [5.74, 6) is 0. The summed E-state index contributed by atoms with van der Waals surface area (Å²) in [7, 11) is 0. The van der Waals surface area contributed by atoms with Crippen molar-refractivity contribution in [3.63, 3.8) is 0 Å². The lowest BCUT2D eigenvalue weighted by Crippen LogP contribution is -1.91. The van der Waals surface area contributed by atoms with Gasteiger partial charge in [-0.05, 0) is 24.6 Å². The molecule has 0 saturated carbocycles. The maximum Gasteiger partial charge on any atom is 0.272 e. The predicted octanol–water partition coefficient (Wildman–Crippen LogP) is 3.31. The lowest BCUT2D eigenvalue weighted by molar-refractivity contribution is -0.385. The first-order valence-electron chi connectivity index (χ1n) is 4.12. The van der Waals surface area contributed by atoms with Crippen molar-refractivity contribution in [1.82, 2.24) is 0 Å². The number of nitro groups is 1. The van der Waals surface area contributed by atoms with Gasteiger partial charge in [-0.15, -0.1) is 0 Å². The smallest absolute Gasteiger partial charge is 0.258 e. The molecular weight excluding hydrogens is 246 g/mol. The van der Waals surface area contributed by atoms with E-state index < -0.39 is 0 Å². The molecule has 0 spiro atoms. The zero-order valence-electron chi connectivity index (χ0n) is 7.74. The second-order valence-electron chi connectivity index (χ2n) is 2.86. The number of allylic oxidation sites excluding steroid dienone is 1. The quantitative estimate of drug-likeness (QED) is 0.473. The highest BCUT2D eigenvalue weighted by atomic mass is 79.9. The van der Waals surface area contributed by atoms with E-state index in [0.29, 0.717) is 5.56 Å². The summed E-state index contributed by atoms with van der Waals surface area (Å²) in [5.41, 5.74) is 1.83. The number of nitrogens with zero attached hydrogens (tertiary/aromatic N) is 1. The van der Waals surface area contributed by atoms with Gasteiger partial charge in [-0.25, -0.2) is 0 Å². The van der Waals surface area contributed by atoms with Crippen LogP contribution in [0.15, 0.2) is 24.3 Å². The summed E-state index contributed by atoms with van der Waals surface area (Å²) < 4.78 is 0. The lowest BCUT2D eigenvalue weighted by atomic mass is 10.1. The van der Waals surface area contributed by atoms with Crippen molar-refractivity contribution in [2.24, 2.45) is 0 Å². The number of benzene rings is 1. The highest BCUT2D eigenvalue weighted by Crippen LogP contribution is 2.19. The second kappa shape index (κ2) is 4.91. The van der Waals surface area contributed by atoms with Crippen molar-refractivity contribution in [2.45, 2.75) is 6.92 Å². The van der Waals surface area contributed by atoms with Crippen LogP contribution in [0, 0.1) is 17.0 Å². The van der Waals surface area contributed by atoms with E-state index in [2.05, 4.69) is 15.9 Å². The Morgan fingerprint density at radius 1 is 1.57 bits per heavy atom. The van der Waals surface area contributed by atoms with Crippen LogP contribution in [-0.2, 0) is 0 Å². The Labute approximate surface area is 90.7 Å². The van der Waals surface area contributed by atoms with Crippen LogP contribution in [-0.4, -0.2) is 10.3 Å². The molecule has 14 heavy (non-hydrogen) atoms. The minimum atomic E-state index is -0.368. The third-order valence-electron chi connectivity index (χ3n) is 1.82. The molecule has 0 aliphatic heterocycles. The minimum absolute atomic E-state index is 0.168. The molecule has 0 N–H and O–H groups in total. The zero-order valence-corrected chi connectivity index (χ0v) is 9.32. The van der Waals surface area contributed by atoms with E-state index in [1.807, 2.05) is 12.2 Å². The Morgan fingerprint density at radius 2 is 2.29 bits per heavy atom. The molecule has 3 nitrogen and oxygen atoms in total. The van der Waals surface area contributed by atoms with Crippen molar-refractivity contribution in [2.75, 3.05) is 5.33 Å². The van der Waals surface area contributed by atoms with Crippen molar-refractivity contribution in [3.05, 3.63) is 45.5 Å². The van der Waals surface area contributed by atoms with Gasteiger partial charge in [0, 0.05) is 17.0 Å². The van der Waals surface area contributed by atoms with Gasteiger partial charge in [0.05, 0.1) is 4.92 Å². The topological polar surface area (TPSA) is 43.1 Å². The molecule has 0 atom stereocenters. The standard InChI is InChI=1S/C10H10BrNO2/c1-8-7-9(3-2-6-11)4-5-10(8)12(13)14/h2-5,7H,6H2,1H3. The number of halogens is 1. The first-order valence-corrected chi connectivity index (χ1v) is 5.25. The van der Waals surface area contributed by atoms with Crippen LogP contribution in [0.3, 0.4) is 0 Å². The van der Waals surface area contributed by atoms with E-state index in [9.17, 15) is 10.1 Å². The molecule has 0 unspecified atom stereocenters. The Bertz CT molecular complexity index is 374. The molecule has 0 aliphatic carbocycles. The van der Waals surface area contributed by atoms with E-state index in [0.717, 1.165) is 10.9 Å². The number of nitro benzene ring substituents is 1. The van der Waals surface area contributed by atoms with Crippen molar-refractivity contribution >= 4 is 27.7 Å². The molecule has 0 bridgehead atoms. The summed E-state index contributed by atoms with van der Waals surface area (Å²) >= 11 is 3.27. The highest BCUT2D eigenvalue weighted by Gasteiger charge is 2.08. The molecule has 74 valence electrons. The van der Waals surface area contributed by atoms with Gasteiger partial charge in [0.25, 0.3) is 5.69 Å². The number of alkyl halides is 1. The van der Waals surface area contributed by atoms with Gasteiger partial charge in [-0.1, -0.05) is 28.1 Å². The van der Waals surface area contributed by atoms with Gasteiger partial charge in [-0.3, -0.25) is 10.1 Å². The third-order valence-corrected chi connectivity index (χ3v) is 2.19. The SMILES string of the molecule is Cc1cc(C=CCBr)ccc1[N+](=O)[O-]. The Hall–Kier alpha value is -1.16. The molecular formula is C10H10BrNO2. The van der Waals surface area contributed by atoms with Crippen LogP contribution in [0.1, 0.15) is 11.1 Å². The number of hydrogen-bond donors (Lipinski definition) is 0. The maximum atomic E-state index is 10.5. The van der Waals surface area contributed by atoms with Crippen LogP contribution in [0.2, 0.25) is 0 Å². The average Bonchev–Trinajstić information content (AvgIpc) is 2.14. The fourth-order valence-corrected chi connectivity index (χ4v) is 1.35. The van der Waals surface area contributed by atoms with Gasteiger partial charge in [0.2, 0.25) is 0 Å². The van der Waals surface area contributed by atoms with Crippen LogP contribution < -0.4 is 0 Å². The highest BCUT2D eigenvalue weighted by molar-refractivity contribution is 9.09. The molecule has 0 heterocycles. The fraction of sp³-hybridized carbons (Fsp3) is 0.200. The van der Waals surface area contributed by atoms with E-state index in [-0.39, 0.29) is 10.6 Å². The Balaban J connectivity index is 3.00. The molecule has 1 aromatic carbocycles. The van der Waals surface area contributed by atoms with Crippen molar-refractivity contribution in [3.8, 4) is 0 Å². The molecule has 0 amide bonds. The minimum Gasteiger partial charge on any atom is -0.258 e. The number of rotatable bonds is 3. The second-order valence-corrected chi connectivity index (χ2v) is 3.51. The third kappa shape index (κ3) is 2.67. The van der Waals surface area contributed by atoms with E-state index >= 15 is 0 Å². The zero-order chi connectivity index (χ0) is 10.6. The molecule has 0 aliphatic rings. The van der Waals surface area contributed by atoms with Gasteiger partial charge in [0.1, 0.15) is 0 Å².